The van der Waals surface area contributed by atoms with Gasteiger partial charge in [0, 0.05) is 36.1 Å². The van der Waals surface area contributed by atoms with E-state index in [9.17, 15) is 0 Å². The molecule has 1 N–H and O–H groups in total. The minimum Gasteiger partial charge on any atom is -0.358 e. The number of hydrogen-bond acceptors (Lipinski definition) is 6. The molecule has 0 aliphatic rings. The van der Waals surface area contributed by atoms with Gasteiger partial charge in [-0.05, 0) is 48.4 Å². The van der Waals surface area contributed by atoms with Gasteiger partial charge in [0.25, 0.3) is 0 Å². The first-order valence-corrected chi connectivity index (χ1v) is 8.32. The Bertz CT molecular complexity index is 779. The molecule has 7 heteroatoms. The Morgan fingerprint density at radius 1 is 1.08 bits per heavy atom. The lowest BCUT2D eigenvalue weighted by molar-refractivity contribution is 0.840. The highest BCUT2D eigenvalue weighted by atomic mass is 79.9. The fraction of sp³-hybridized carbons (Fsp3) is 0.176. The van der Waals surface area contributed by atoms with Crippen molar-refractivity contribution >= 4 is 33.4 Å². The van der Waals surface area contributed by atoms with Gasteiger partial charge in [-0.2, -0.15) is 10.1 Å². The highest BCUT2D eigenvalue weighted by molar-refractivity contribution is 9.10. The molecule has 0 aliphatic heterocycles. The Labute approximate surface area is 149 Å². The number of rotatable bonds is 6. The average Bonchev–Trinajstić information content (AvgIpc) is 2.63. The Kier molecular flexibility index (Phi) is 5.32. The van der Waals surface area contributed by atoms with Crippen LogP contribution in [0, 0.1) is 0 Å². The summed E-state index contributed by atoms with van der Waals surface area (Å²) in [7, 11) is 1.99. The van der Waals surface area contributed by atoms with Gasteiger partial charge in [0.15, 0.2) is 5.82 Å². The minimum atomic E-state index is 0.477. The summed E-state index contributed by atoms with van der Waals surface area (Å²) in [6.07, 6.45) is 6.20. The molecule has 24 heavy (non-hydrogen) atoms. The molecule has 0 aliphatic carbocycles. The van der Waals surface area contributed by atoms with Crippen molar-refractivity contribution in [2.24, 2.45) is 0 Å². The van der Waals surface area contributed by atoms with Gasteiger partial charge in [0.2, 0.25) is 5.95 Å². The summed E-state index contributed by atoms with van der Waals surface area (Å²) in [6, 6.07) is 11.9. The zero-order chi connectivity index (χ0) is 16.8. The molecule has 0 bridgehead atoms. The van der Waals surface area contributed by atoms with Crippen LogP contribution in [0.1, 0.15) is 5.56 Å². The summed E-state index contributed by atoms with van der Waals surface area (Å²) in [6.45, 7) is 0.834. The van der Waals surface area contributed by atoms with Crippen LogP contribution < -0.4 is 10.2 Å². The molecule has 0 unspecified atom stereocenters. The predicted octanol–water partition coefficient (Wildman–Crippen LogP) is 3.45. The van der Waals surface area contributed by atoms with Gasteiger partial charge in [-0.15, -0.1) is 5.10 Å². The van der Waals surface area contributed by atoms with E-state index in [2.05, 4.69) is 46.3 Å². The second-order valence-corrected chi connectivity index (χ2v) is 6.21. The number of nitrogens with zero attached hydrogens (tertiary/aromatic N) is 5. The summed E-state index contributed by atoms with van der Waals surface area (Å²) in [4.78, 5) is 10.6. The number of hydrogen-bond donors (Lipinski definition) is 1. The lowest BCUT2D eigenvalue weighted by atomic mass is 10.2. The van der Waals surface area contributed by atoms with E-state index in [0.29, 0.717) is 5.95 Å². The average molecular weight is 385 g/mol. The van der Waals surface area contributed by atoms with Crippen LogP contribution in [0.15, 0.2) is 59.5 Å². The normalized spacial score (nSPS) is 10.4. The van der Waals surface area contributed by atoms with Gasteiger partial charge in [-0.25, -0.2) is 0 Å². The van der Waals surface area contributed by atoms with Crippen molar-refractivity contribution in [3.05, 3.63) is 65.0 Å². The standard InChI is InChI=1S/C17H17BrN6/c1-24(11-8-13-6-9-19-10-7-13)16-12-20-23-17(22-16)21-15-4-2-14(18)3-5-15/h2-7,9-10,12H,8,11H2,1H3,(H,21,22,23). The number of likely N-dealkylation sites (N-methyl/N-ethyl adjacent to an activating group) is 1. The molecule has 0 spiro atoms. The highest BCUT2D eigenvalue weighted by Gasteiger charge is 2.06. The van der Waals surface area contributed by atoms with Crippen molar-refractivity contribution in [2.75, 3.05) is 23.8 Å². The number of benzene rings is 1. The van der Waals surface area contributed by atoms with Crippen molar-refractivity contribution in [3.63, 3.8) is 0 Å². The Balaban J connectivity index is 1.64. The molecule has 6 nitrogen and oxygen atoms in total. The van der Waals surface area contributed by atoms with Crippen molar-refractivity contribution in [3.8, 4) is 0 Å². The number of nitrogens with one attached hydrogen (secondary N) is 1. The van der Waals surface area contributed by atoms with Gasteiger partial charge in [-0.1, -0.05) is 15.9 Å². The molecule has 0 fully saturated rings. The molecular formula is C17H17BrN6. The summed E-state index contributed by atoms with van der Waals surface area (Å²) in [5.41, 5.74) is 2.16. The zero-order valence-electron chi connectivity index (χ0n) is 13.2. The van der Waals surface area contributed by atoms with Crippen molar-refractivity contribution in [1.82, 2.24) is 20.2 Å². The molecule has 0 saturated heterocycles. The predicted molar refractivity (Wildman–Crippen MR) is 98.5 cm³/mol. The fourth-order valence-electron chi connectivity index (χ4n) is 2.15. The maximum Gasteiger partial charge on any atom is 0.249 e. The van der Waals surface area contributed by atoms with E-state index in [1.165, 1.54) is 5.56 Å². The molecule has 3 rings (SSSR count). The molecule has 2 heterocycles. The molecular weight excluding hydrogens is 368 g/mol. The van der Waals surface area contributed by atoms with Crippen molar-refractivity contribution in [1.29, 1.82) is 0 Å². The summed E-state index contributed by atoms with van der Waals surface area (Å²) >= 11 is 3.42. The van der Waals surface area contributed by atoms with Crippen LogP contribution in [0.5, 0.6) is 0 Å². The first-order chi connectivity index (χ1) is 11.7. The molecule has 3 aromatic rings. The molecule has 0 amide bonds. The Morgan fingerprint density at radius 3 is 2.58 bits per heavy atom. The SMILES string of the molecule is CN(CCc1ccncc1)c1cnnc(Nc2ccc(Br)cc2)n1. The largest absolute Gasteiger partial charge is 0.358 e. The highest BCUT2D eigenvalue weighted by Crippen LogP contribution is 2.18. The molecule has 0 radical (unpaired) electrons. The van der Waals surface area contributed by atoms with Gasteiger partial charge in [-0.3, -0.25) is 4.98 Å². The minimum absolute atomic E-state index is 0.477. The monoisotopic (exact) mass is 384 g/mol. The van der Waals surface area contributed by atoms with Crippen LogP contribution in [0.4, 0.5) is 17.5 Å². The van der Waals surface area contributed by atoms with Crippen molar-refractivity contribution in [2.45, 2.75) is 6.42 Å². The quantitative estimate of drug-likeness (QED) is 0.701. The van der Waals surface area contributed by atoms with E-state index in [0.717, 1.165) is 28.9 Å². The van der Waals surface area contributed by atoms with Gasteiger partial charge < -0.3 is 10.2 Å². The van der Waals surface area contributed by atoms with Crippen LogP contribution in [0.3, 0.4) is 0 Å². The first kappa shape index (κ1) is 16.3. The first-order valence-electron chi connectivity index (χ1n) is 7.53. The molecule has 2 aromatic heterocycles. The van der Waals surface area contributed by atoms with Crippen LogP contribution >= 0.6 is 15.9 Å². The maximum absolute atomic E-state index is 4.52. The fourth-order valence-corrected chi connectivity index (χ4v) is 2.42. The lowest BCUT2D eigenvalue weighted by Crippen LogP contribution is -2.22. The van der Waals surface area contributed by atoms with Crippen molar-refractivity contribution < 1.29 is 0 Å². The zero-order valence-corrected chi connectivity index (χ0v) is 14.8. The number of anilines is 3. The third kappa shape index (κ3) is 4.48. The van der Waals surface area contributed by atoms with Gasteiger partial charge in [0.05, 0.1) is 6.20 Å². The lowest BCUT2D eigenvalue weighted by Gasteiger charge is -2.18. The topological polar surface area (TPSA) is 66.8 Å². The van der Waals surface area contributed by atoms with E-state index in [1.54, 1.807) is 6.20 Å². The van der Waals surface area contributed by atoms with Crippen LogP contribution in [-0.2, 0) is 6.42 Å². The molecule has 0 saturated carbocycles. The van der Waals surface area contributed by atoms with E-state index in [1.807, 2.05) is 55.8 Å². The third-order valence-electron chi connectivity index (χ3n) is 3.52. The number of pyridine rings is 1. The molecule has 1 aromatic carbocycles. The molecule has 0 atom stereocenters. The number of aromatic nitrogens is 4. The van der Waals surface area contributed by atoms with E-state index in [-0.39, 0.29) is 0 Å². The van der Waals surface area contributed by atoms with Crippen LogP contribution in [0.2, 0.25) is 0 Å². The van der Waals surface area contributed by atoms with Crippen LogP contribution in [0.25, 0.3) is 0 Å². The second kappa shape index (κ2) is 7.83. The Hall–Kier alpha value is -2.54. The van der Waals surface area contributed by atoms with E-state index < -0.39 is 0 Å². The maximum atomic E-state index is 4.52. The summed E-state index contributed by atoms with van der Waals surface area (Å²) in [5, 5.41) is 11.2. The van der Waals surface area contributed by atoms with E-state index in [4.69, 9.17) is 0 Å². The van der Waals surface area contributed by atoms with Gasteiger partial charge in [0.1, 0.15) is 0 Å². The van der Waals surface area contributed by atoms with Crippen LogP contribution in [-0.4, -0.2) is 33.8 Å². The summed E-state index contributed by atoms with van der Waals surface area (Å²) < 4.78 is 1.02. The molecule has 122 valence electrons. The smallest absolute Gasteiger partial charge is 0.249 e. The number of halogens is 1. The van der Waals surface area contributed by atoms with E-state index >= 15 is 0 Å². The summed E-state index contributed by atoms with van der Waals surface area (Å²) in [5.74, 6) is 1.25. The second-order valence-electron chi connectivity index (χ2n) is 5.30. The van der Waals surface area contributed by atoms with Gasteiger partial charge >= 0.3 is 0 Å². The third-order valence-corrected chi connectivity index (χ3v) is 4.05. The Morgan fingerprint density at radius 2 is 1.83 bits per heavy atom.